The molecule has 5 heteroatoms. The Bertz CT molecular complexity index is 533. The Morgan fingerprint density at radius 2 is 2.12 bits per heavy atom. The van der Waals surface area contributed by atoms with E-state index in [0.717, 1.165) is 45.4 Å². The van der Waals surface area contributed by atoms with Crippen LogP contribution in [0.4, 0.5) is 0 Å². The minimum absolute atomic E-state index is 0.0415. The van der Waals surface area contributed by atoms with E-state index in [1.165, 1.54) is 18.4 Å². The highest BCUT2D eigenvalue weighted by atomic mass is 16.2. The van der Waals surface area contributed by atoms with Gasteiger partial charge in [0.1, 0.15) is 0 Å². The molecule has 5 nitrogen and oxygen atoms in total. The summed E-state index contributed by atoms with van der Waals surface area (Å²) in [4.78, 5) is 24.1. The highest BCUT2D eigenvalue weighted by molar-refractivity contribution is 5.82. The number of piperidine rings is 2. The van der Waals surface area contributed by atoms with Gasteiger partial charge < -0.3 is 9.80 Å². The number of aromatic nitrogens is 1. The molecule has 2 aliphatic rings. The van der Waals surface area contributed by atoms with Crippen molar-refractivity contribution < 1.29 is 4.79 Å². The lowest BCUT2D eigenvalue weighted by atomic mass is 9.98. The molecule has 2 atom stereocenters. The average molecular weight is 330 g/mol. The largest absolute Gasteiger partial charge is 0.340 e. The zero-order valence-corrected chi connectivity index (χ0v) is 15.0. The highest BCUT2D eigenvalue weighted by Crippen LogP contribution is 2.23. The Hall–Kier alpha value is -1.46. The van der Waals surface area contributed by atoms with Gasteiger partial charge in [-0.25, -0.2) is 0 Å². The van der Waals surface area contributed by atoms with Crippen molar-refractivity contribution in [2.24, 2.45) is 0 Å². The Balaban J connectivity index is 1.67. The van der Waals surface area contributed by atoms with Gasteiger partial charge in [-0.05, 0) is 58.0 Å². The molecule has 1 aromatic rings. The minimum atomic E-state index is 0.0415. The van der Waals surface area contributed by atoms with Crippen LogP contribution >= 0.6 is 0 Å². The molecule has 3 rings (SSSR count). The van der Waals surface area contributed by atoms with Crippen molar-refractivity contribution in [1.29, 1.82) is 0 Å². The van der Waals surface area contributed by atoms with Crippen LogP contribution in [-0.2, 0) is 11.3 Å². The third-order valence-electron chi connectivity index (χ3n) is 5.45. The van der Waals surface area contributed by atoms with E-state index < -0.39 is 0 Å². The molecule has 0 radical (unpaired) electrons. The van der Waals surface area contributed by atoms with Crippen LogP contribution in [0.2, 0.25) is 0 Å². The van der Waals surface area contributed by atoms with Gasteiger partial charge >= 0.3 is 0 Å². The van der Waals surface area contributed by atoms with Gasteiger partial charge in [-0.3, -0.25) is 14.7 Å². The Morgan fingerprint density at radius 3 is 2.88 bits per heavy atom. The molecule has 132 valence electrons. The number of nitrogens with zero attached hydrogens (tertiary/aromatic N) is 4. The molecular weight excluding hydrogens is 300 g/mol. The number of pyridine rings is 1. The molecule has 24 heavy (non-hydrogen) atoms. The van der Waals surface area contributed by atoms with Gasteiger partial charge in [0.2, 0.25) is 5.91 Å². The van der Waals surface area contributed by atoms with Crippen LogP contribution in [0, 0.1) is 0 Å². The lowest BCUT2D eigenvalue weighted by Crippen LogP contribution is -2.55. The number of rotatable bonds is 4. The van der Waals surface area contributed by atoms with Crippen LogP contribution in [0.15, 0.2) is 24.5 Å². The molecule has 2 saturated heterocycles. The second kappa shape index (κ2) is 8.08. The number of likely N-dealkylation sites (N-methyl/N-ethyl adjacent to an activating group) is 1. The third kappa shape index (κ3) is 4.14. The second-order valence-electron chi connectivity index (χ2n) is 7.39. The summed E-state index contributed by atoms with van der Waals surface area (Å²) in [5, 5.41) is 0. The summed E-state index contributed by atoms with van der Waals surface area (Å²) in [6, 6.07) is 4.62. The van der Waals surface area contributed by atoms with Crippen LogP contribution in [0.25, 0.3) is 0 Å². The third-order valence-corrected chi connectivity index (χ3v) is 5.45. The summed E-state index contributed by atoms with van der Waals surface area (Å²) >= 11 is 0. The van der Waals surface area contributed by atoms with Crippen molar-refractivity contribution >= 4 is 5.91 Å². The molecule has 2 fully saturated rings. The van der Waals surface area contributed by atoms with Crippen LogP contribution in [0.3, 0.4) is 0 Å². The van der Waals surface area contributed by atoms with Gasteiger partial charge in [-0.1, -0.05) is 12.5 Å². The van der Waals surface area contributed by atoms with Crippen molar-refractivity contribution in [3.8, 4) is 0 Å². The maximum Gasteiger partial charge on any atom is 0.239 e. The first-order valence-electron chi connectivity index (χ1n) is 9.23. The van der Waals surface area contributed by atoms with E-state index >= 15 is 0 Å². The minimum Gasteiger partial charge on any atom is -0.340 e. The molecule has 0 saturated carbocycles. The number of carbonyl (C=O) groups is 1. The van der Waals surface area contributed by atoms with E-state index in [-0.39, 0.29) is 6.04 Å². The van der Waals surface area contributed by atoms with Gasteiger partial charge in [0.15, 0.2) is 0 Å². The van der Waals surface area contributed by atoms with Gasteiger partial charge in [-0.2, -0.15) is 0 Å². The van der Waals surface area contributed by atoms with Crippen molar-refractivity contribution in [3.05, 3.63) is 30.1 Å². The lowest BCUT2D eigenvalue weighted by molar-refractivity contribution is -0.140. The Morgan fingerprint density at radius 1 is 1.25 bits per heavy atom. The number of carbonyl (C=O) groups excluding carboxylic acids is 1. The summed E-state index contributed by atoms with van der Waals surface area (Å²) in [5.41, 5.74) is 1.20. The number of hydrogen-bond donors (Lipinski definition) is 0. The first-order valence-corrected chi connectivity index (χ1v) is 9.23. The molecule has 0 aromatic carbocycles. The normalized spacial score (nSPS) is 25.9. The van der Waals surface area contributed by atoms with Gasteiger partial charge in [0.25, 0.3) is 0 Å². The maximum absolute atomic E-state index is 13.2. The fraction of sp³-hybridized carbons (Fsp3) is 0.684. The number of amides is 1. The molecule has 3 heterocycles. The monoisotopic (exact) mass is 330 g/mol. The molecule has 1 amide bonds. The average Bonchev–Trinajstić information content (AvgIpc) is 2.62. The van der Waals surface area contributed by atoms with E-state index in [1.807, 2.05) is 12.3 Å². The van der Waals surface area contributed by atoms with Crippen molar-refractivity contribution in [2.45, 2.75) is 50.7 Å². The summed E-state index contributed by atoms with van der Waals surface area (Å²) in [6.07, 6.45) is 9.36. The number of likely N-dealkylation sites (tertiary alicyclic amines) is 2. The molecule has 0 spiro atoms. The molecule has 0 bridgehead atoms. The summed E-state index contributed by atoms with van der Waals surface area (Å²) < 4.78 is 0. The quantitative estimate of drug-likeness (QED) is 0.846. The van der Waals surface area contributed by atoms with E-state index in [2.05, 4.69) is 39.8 Å². The second-order valence-corrected chi connectivity index (χ2v) is 7.39. The molecule has 0 N–H and O–H groups in total. The smallest absolute Gasteiger partial charge is 0.239 e. The predicted octanol–water partition coefficient (Wildman–Crippen LogP) is 1.99. The zero-order chi connectivity index (χ0) is 16.9. The van der Waals surface area contributed by atoms with Crippen molar-refractivity contribution in [1.82, 2.24) is 19.7 Å². The lowest BCUT2D eigenvalue weighted by Gasteiger charge is -2.41. The van der Waals surface area contributed by atoms with Crippen LogP contribution in [0.1, 0.15) is 37.7 Å². The Kier molecular flexibility index (Phi) is 5.85. The van der Waals surface area contributed by atoms with Crippen molar-refractivity contribution in [2.75, 3.05) is 33.7 Å². The standard InChI is InChI=1S/C19H30N4O/c1-21(2)17-8-6-12-23(15-17)19(24)18-9-3-4-11-22(18)14-16-7-5-10-20-13-16/h5,7,10,13,17-18H,3-4,6,8-9,11-12,14-15H2,1-2H3. The molecular formula is C19H30N4O. The van der Waals surface area contributed by atoms with Gasteiger partial charge in [-0.15, -0.1) is 0 Å². The summed E-state index contributed by atoms with van der Waals surface area (Å²) in [6.45, 7) is 3.63. The van der Waals surface area contributed by atoms with Gasteiger partial charge in [0, 0.05) is 38.1 Å². The van der Waals surface area contributed by atoms with Crippen molar-refractivity contribution in [3.63, 3.8) is 0 Å². The fourth-order valence-corrected chi connectivity index (χ4v) is 3.97. The highest BCUT2D eigenvalue weighted by Gasteiger charge is 2.34. The summed E-state index contributed by atoms with van der Waals surface area (Å²) in [5.74, 6) is 0.338. The first-order chi connectivity index (χ1) is 11.6. The first kappa shape index (κ1) is 17.4. The zero-order valence-electron chi connectivity index (χ0n) is 15.0. The predicted molar refractivity (Wildman–Crippen MR) is 95.6 cm³/mol. The number of hydrogen-bond acceptors (Lipinski definition) is 4. The summed E-state index contributed by atoms with van der Waals surface area (Å²) in [7, 11) is 4.24. The molecule has 1 aromatic heterocycles. The molecule has 2 aliphatic heterocycles. The fourth-order valence-electron chi connectivity index (χ4n) is 3.97. The van der Waals surface area contributed by atoms with Crippen LogP contribution < -0.4 is 0 Å². The van der Waals surface area contributed by atoms with E-state index in [0.29, 0.717) is 11.9 Å². The topological polar surface area (TPSA) is 39.7 Å². The maximum atomic E-state index is 13.2. The van der Waals surface area contributed by atoms with Crippen LogP contribution in [-0.4, -0.2) is 71.4 Å². The van der Waals surface area contributed by atoms with Crippen LogP contribution in [0.5, 0.6) is 0 Å². The SMILES string of the molecule is CN(C)C1CCCN(C(=O)C2CCCCN2Cc2cccnc2)C1. The Labute approximate surface area is 145 Å². The molecule has 2 unspecified atom stereocenters. The van der Waals surface area contributed by atoms with Gasteiger partial charge in [0.05, 0.1) is 6.04 Å². The van der Waals surface area contributed by atoms with E-state index in [9.17, 15) is 4.79 Å². The van der Waals surface area contributed by atoms with E-state index in [4.69, 9.17) is 0 Å². The molecule has 0 aliphatic carbocycles. The van der Waals surface area contributed by atoms with E-state index in [1.54, 1.807) is 6.20 Å².